The number of morpholine rings is 1. The third-order valence-electron chi connectivity index (χ3n) is 4.21. The van der Waals surface area contributed by atoms with Crippen LogP contribution in [0.15, 0.2) is 41.4 Å². The Bertz CT molecular complexity index is 799. The van der Waals surface area contributed by atoms with Crippen molar-refractivity contribution < 1.29 is 9.26 Å². The summed E-state index contributed by atoms with van der Waals surface area (Å²) >= 11 is 0. The first-order valence-corrected chi connectivity index (χ1v) is 8.32. The number of nitrogens with zero attached hydrogens (tertiary/aromatic N) is 6. The summed E-state index contributed by atoms with van der Waals surface area (Å²) in [5, 5.41) is 8.24. The average Bonchev–Trinajstić information content (AvgIpc) is 3.28. The Morgan fingerprint density at radius 3 is 2.92 bits per heavy atom. The third kappa shape index (κ3) is 3.92. The van der Waals surface area contributed by atoms with E-state index >= 15 is 0 Å². The van der Waals surface area contributed by atoms with E-state index in [1.807, 2.05) is 24.3 Å². The van der Waals surface area contributed by atoms with Crippen LogP contribution in [0.4, 0.5) is 0 Å². The number of hydrogen-bond donors (Lipinski definition) is 0. The van der Waals surface area contributed by atoms with E-state index in [1.54, 1.807) is 11.0 Å². The van der Waals surface area contributed by atoms with Crippen molar-refractivity contribution in [1.82, 2.24) is 29.8 Å². The van der Waals surface area contributed by atoms with Crippen molar-refractivity contribution in [3.63, 3.8) is 0 Å². The molecule has 0 amide bonds. The van der Waals surface area contributed by atoms with Gasteiger partial charge in [-0.25, -0.2) is 4.98 Å². The van der Waals surface area contributed by atoms with Gasteiger partial charge in [-0.1, -0.05) is 22.9 Å². The van der Waals surface area contributed by atoms with E-state index in [0.717, 1.165) is 18.7 Å². The molecule has 1 fully saturated rings. The maximum Gasteiger partial charge on any atom is 0.257 e. The Balaban J connectivity index is 1.37. The van der Waals surface area contributed by atoms with E-state index in [9.17, 15) is 0 Å². The summed E-state index contributed by atoms with van der Waals surface area (Å²) in [6, 6.07) is 8.07. The van der Waals surface area contributed by atoms with Crippen LogP contribution >= 0.6 is 0 Å². The Kier molecular flexibility index (Phi) is 4.53. The van der Waals surface area contributed by atoms with Gasteiger partial charge in [-0.05, 0) is 19.1 Å². The summed E-state index contributed by atoms with van der Waals surface area (Å²) in [5.74, 6) is 1.25. The summed E-state index contributed by atoms with van der Waals surface area (Å²) in [6.07, 6.45) is 3.32. The molecule has 1 aliphatic rings. The molecule has 0 saturated carbocycles. The van der Waals surface area contributed by atoms with E-state index in [1.165, 1.54) is 11.9 Å². The Labute approximate surface area is 145 Å². The topological polar surface area (TPSA) is 82.1 Å². The van der Waals surface area contributed by atoms with Crippen LogP contribution in [0.5, 0.6) is 0 Å². The van der Waals surface area contributed by atoms with E-state index in [0.29, 0.717) is 31.4 Å². The number of ether oxygens (including phenoxy) is 1. The molecule has 3 aromatic rings. The minimum atomic E-state index is 0.0823. The molecule has 1 aromatic carbocycles. The van der Waals surface area contributed by atoms with Crippen LogP contribution in [0.2, 0.25) is 0 Å². The summed E-state index contributed by atoms with van der Waals surface area (Å²) in [4.78, 5) is 10.8. The van der Waals surface area contributed by atoms with Gasteiger partial charge in [0.1, 0.15) is 12.7 Å². The first-order valence-electron chi connectivity index (χ1n) is 8.32. The maximum absolute atomic E-state index is 5.81. The lowest BCUT2D eigenvalue weighted by Gasteiger charge is -2.31. The highest BCUT2D eigenvalue weighted by Crippen LogP contribution is 2.18. The van der Waals surface area contributed by atoms with Crippen molar-refractivity contribution in [3.05, 3.63) is 48.3 Å². The van der Waals surface area contributed by atoms with Crippen molar-refractivity contribution in [2.75, 3.05) is 19.7 Å². The molecular formula is C17H20N6O2. The first-order chi connectivity index (χ1) is 12.3. The molecule has 4 rings (SSSR count). The number of aryl methyl sites for hydroxylation is 1. The van der Waals surface area contributed by atoms with Gasteiger partial charge >= 0.3 is 0 Å². The van der Waals surface area contributed by atoms with E-state index in [4.69, 9.17) is 9.26 Å². The van der Waals surface area contributed by atoms with Crippen LogP contribution in [0.1, 0.15) is 11.4 Å². The minimum Gasteiger partial charge on any atom is -0.374 e. The highest BCUT2D eigenvalue weighted by molar-refractivity contribution is 5.53. The average molecular weight is 340 g/mol. The van der Waals surface area contributed by atoms with Crippen molar-refractivity contribution in [2.24, 2.45) is 0 Å². The zero-order valence-electron chi connectivity index (χ0n) is 14.1. The summed E-state index contributed by atoms with van der Waals surface area (Å²) in [5.41, 5.74) is 2.14. The first kappa shape index (κ1) is 15.9. The van der Waals surface area contributed by atoms with Crippen LogP contribution in [0, 0.1) is 6.92 Å². The van der Waals surface area contributed by atoms with Gasteiger partial charge in [0.05, 0.1) is 25.8 Å². The lowest BCUT2D eigenvalue weighted by Crippen LogP contribution is -2.43. The molecule has 0 N–H and O–H groups in total. The van der Waals surface area contributed by atoms with Crippen LogP contribution in [0.25, 0.3) is 11.5 Å². The second-order valence-corrected chi connectivity index (χ2v) is 6.23. The molecule has 0 aliphatic carbocycles. The monoisotopic (exact) mass is 340 g/mol. The Hall–Kier alpha value is -2.58. The van der Waals surface area contributed by atoms with Crippen molar-refractivity contribution in [2.45, 2.75) is 26.1 Å². The smallest absolute Gasteiger partial charge is 0.257 e. The molecule has 0 spiro atoms. The van der Waals surface area contributed by atoms with Crippen LogP contribution in [-0.4, -0.2) is 55.6 Å². The second-order valence-electron chi connectivity index (χ2n) is 6.23. The number of aromatic nitrogens is 5. The third-order valence-corrected chi connectivity index (χ3v) is 4.21. The predicted octanol–water partition coefficient (Wildman–Crippen LogP) is 1.54. The molecular weight excluding hydrogens is 320 g/mol. The minimum absolute atomic E-state index is 0.0823. The standard InChI is InChI=1S/C17H20N6O2/c1-13-2-4-14(5-3-13)17-20-16(21-25-17)10-22-6-7-24-15(8-22)9-23-12-18-11-19-23/h2-5,11-12,15H,6-10H2,1H3/t15-/m0/s1. The van der Waals surface area contributed by atoms with E-state index in [-0.39, 0.29) is 6.10 Å². The van der Waals surface area contributed by atoms with Gasteiger partial charge in [0, 0.05) is 18.7 Å². The Morgan fingerprint density at radius 1 is 1.24 bits per heavy atom. The fourth-order valence-electron chi connectivity index (χ4n) is 2.90. The molecule has 8 nitrogen and oxygen atoms in total. The molecule has 1 atom stereocenters. The molecule has 25 heavy (non-hydrogen) atoms. The summed E-state index contributed by atoms with van der Waals surface area (Å²) < 4.78 is 13.0. The fourth-order valence-corrected chi connectivity index (χ4v) is 2.90. The van der Waals surface area contributed by atoms with Crippen molar-refractivity contribution in [1.29, 1.82) is 0 Å². The zero-order valence-corrected chi connectivity index (χ0v) is 14.1. The van der Waals surface area contributed by atoms with Gasteiger partial charge in [-0.15, -0.1) is 0 Å². The molecule has 1 aliphatic heterocycles. The van der Waals surface area contributed by atoms with Crippen molar-refractivity contribution >= 4 is 0 Å². The predicted molar refractivity (Wildman–Crippen MR) is 89.5 cm³/mol. The molecule has 2 aromatic heterocycles. The van der Waals surface area contributed by atoms with Crippen LogP contribution < -0.4 is 0 Å². The largest absolute Gasteiger partial charge is 0.374 e. The van der Waals surface area contributed by atoms with E-state index in [2.05, 4.69) is 32.0 Å². The number of rotatable bonds is 5. The van der Waals surface area contributed by atoms with Gasteiger partial charge < -0.3 is 9.26 Å². The SMILES string of the molecule is Cc1ccc(-c2nc(CN3CCO[C@H](Cn4cncn4)C3)no2)cc1. The molecule has 0 unspecified atom stereocenters. The van der Waals surface area contributed by atoms with Crippen molar-refractivity contribution in [3.8, 4) is 11.5 Å². The maximum atomic E-state index is 5.81. The van der Waals surface area contributed by atoms with Gasteiger partial charge in [-0.2, -0.15) is 10.1 Å². The van der Waals surface area contributed by atoms with Gasteiger partial charge in [-0.3, -0.25) is 9.58 Å². The van der Waals surface area contributed by atoms with Gasteiger partial charge in [0.25, 0.3) is 5.89 Å². The molecule has 1 saturated heterocycles. The summed E-state index contributed by atoms with van der Waals surface area (Å²) in [7, 11) is 0. The molecule has 0 bridgehead atoms. The highest BCUT2D eigenvalue weighted by atomic mass is 16.5. The lowest BCUT2D eigenvalue weighted by molar-refractivity contribution is -0.0411. The molecule has 0 radical (unpaired) electrons. The zero-order chi connectivity index (χ0) is 17.1. The highest BCUT2D eigenvalue weighted by Gasteiger charge is 2.22. The molecule has 8 heteroatoms. The number of hydrogen-bond acceptors (Lipinski definition) is 7. The van der Waals surface area contributed by atoms with E-state index < -0.39 is 0 Å². The lowest BCUT2D eigenvalue weighted by atomic mass is 10.1. The van der Waals surface area contributed by atoms with Crippen LogP contribution in [0.3, 0.4) is 0 Å². The second kappa shape index (κ2) is 7.12. The normalized spacial score (nSPS) is 18.5. The van der Waals surface area contributed by atoms with Crippen LogP contribution in [-0.2, 0) is 17.8 Å². The summed E-state index contributed by atoms with van der Waals surface area (Å²) in [6.45, 7) is 5.72. The van der Waals surface area contributed by atoms with Gasteiger partial charge in [0.2, 0.25) is 0 Å². The number of benzene rings is 1. The molecule has 130 valence electrons. The Morgan fingerprint density at radius 2 is 2.12 bits per heavy atom. The molecule has 3 heterocycles. The van der Waals surface area contributed by atoms with Gasteiger partial charge in [0.15, 0.2) is 5.82 Å². The fraction of sp³-hybridized carbons (Fsp3) is 0.412. The quantitative estimate of drug-likeness (QED) is 0.697.